The first-order chi connectivity index (χ1) is 9.00. The van der Waals surface area contributed by atoms with E-state index in [1.54, 1.807) is 12.4 Å². The van der Waals surface area contributed by atoms with Crippen LogP contribution in [0.2, 0.25) is 0 Å². The van der Waals surface area contributed by atoms with Gasteiger partial charge in [0, 0.05) is 18.9 Å². The van der Waals surface area contributed by atoms with Crippen LogP contribution in [0.4, 0.5) is 0 Å². The number of amides is 2. The number of hydrogen-bond donors (Lipinski definition) is 3. The van der Waals surface area contributed by atoms with Crippen LogP contribution in [0, 0.1) is 5.92 Å². The van der Waals surface area contributed by atoms with E-state index in [2.05, 4.69) is 15.6 Å². The van der Waals surface area contributed by atoms with Crippen molar-refractivity contribution in [2.45, 2.75) is 26.4 Å². The predicted molar refractivity (Wildman–Crippen MR) is 86.4 cm³/mol. The normalized spacial score (nSPS) is 10.9. The molecule has 1 atom stereocenters. The monoisotopic (exact) mass is 336 g/mol. The number of carbonyl (C=O) groups excluding carboxylic acids is 2. The smallest absolute Gasteiger partial charge is 0.239 e. The minimum atomic E-state index is -0.590. The number of halogens is 2. The van der Waals surface area contributed by atoms with E-state index in [4.69, 9.17) is 5.73 Å². The van der Waals surface area contributed by atoms with Gasteiger partial charge >= 0.3 is 0 Å². The van der Waals surface area contributed by atoms with E-state index in [0.717, 1.165) is 5.56 Å². The van der Waals surface area contributed by atoms with Gasteiger partial charge in [-0.05, 0) is 23.6 Å². The van der Waals surface area contributed by atoms with E-state index < -0.39 is 6.04 Å². The Morgan fingerprint density at radius 1 is 1.19 bits per heavy atom. The lowest BCUT2D eigenvalue weighted by Gasteiger charge is -2.15. The van der Waals surface area contributed by atoms with Gasteiger partial charge in [-0.1, -0.05) is 13.8 Å². The average Bonchev–Trinajstić information content (AvgIpc) is 2.42. The molecular formula is C13H22Cl2N4O2. The third kappa shape index (κ3) is 8.49. The fourth-order valence-corrected chi connectivity index (χ4v) is 1.35. The lowest BCUT2D eigenvalue weighted by Crippen LogP contribution is -2.47. The maximum atomic E-state index is 11.5. The highest BCUT2D eigenvalue weighted by Gasteiger charge is 2.17. The Morgan fingerprint density at radius 2 is 1.76 bits per heavy atom. The van der Waals surface area contributed by atoms with Gasteiger partial charge in [0.1, 0.15) is 0 Å². The number of hydrogen-bond acceptors (Lipinski definition) is 4. The van der Waals surface area contributed by atoms with E-state index in [9.17, 15) is 9.59 Å². The van der Waals surface area contributed by atoms with Gasteiger partial charge in [-0.15, -0.1) is 24.8 Å². The Balaban J connectivity index is 0. The number of pyridine rings is 1. The van der Waals surface area contributed by atoms with Crippen molar-refractivity contribution >= 4 is 36.6 Å². The van der Waals surface area contributed by atoms with Crippen molar-refractivity contribution in [2.24, 2.45) is 11.7 Å². The first-order valence-electron chi connectivity index (χ1n) is 6.19. The van der Waals surface area contributed by atoms with Crippen LogP contribution in [0.15, 0.2) is 24.5 Å². The lowest BCUT2D eigenvalue weighted by atomic mass is 10.1. The zero-order valence-electron chi connectivity index (χ0n) is 12.0. The Morgan fingerprint density at radius 3 is 2.29 bits per heavy atom. The summed E-state index contributed by atoms with van der Waals surface area (Å²) < 4.78 is 0. The zero-order valence-corrected chi connectivity index (χ0v) is 13.7. The van der Waals surface area contributed by atoms with Crippen LogP contribution in [0.1, 0.15) is 19.4 Å². The molecule has 0 fully saturated rings. The van der Waals surface area contributed by atoms with Crippen LogP contribution >= 0.6 is 24.8 Å². The summed E-state index contributed by atoms with van der Waals surface area (Å²) in [7, 11) is 0. The van der Waals surface area contributed by atoms with Crippen molar-refractivity contribution in [1.82, 2.24) is 15.6 Å². The molecule has 1 heterocycles. The predicted octanol–water partition coefficient (Wildman–Crippen LogP) is 0.641. The second-order valence-electron chi connectivity index (χ2n) is 4.62. The fraction of sp³-hybridized carbons (Fsp3) is 0.462. The fourth-order valence-electron chi connectivity index (χ4n) is 1.35. The summed E-state index contributed by atoms with van der Waals surface area (Å²) >= 11 is 0. The van der Waals surface area contributed by atoms with E-state index in [-0.39, 0.29) is 49.1 Å². The second-order valence-corrected chi connectivity index (χ2v) is 4.62. The Kier molecular flexibility index (Phi) is 11.8. The van der Waals surface area contributed by atoms with Crippen molar-refractivity contribution in [1.29, 1.82) is 0 Å². The van der Waals surface area contributed by atoms with Crippen LogP contribution in [0.25, 0.3) is 0 Å². The lowest BCUT2D eigenvalue weighted by molar-refractivity contribution is -0.127. The van der Waals surface area contributed by atoms with Crippen molar-refractivity contribution in [2.75, 3.05) is 6.54 Å². The summed E-state index contributed by atoms with van der Waals surface area (Å²) in [6.07, 6.45) is 3.32. The molecule has 0 spiro atoms. The van der Waals surface area contributed by atoms with Gasteiger partial charge in [-0.2, -0.15) is 0 Å². The first kappa shape index (κ1) is 21.9. The van der Waals surface area contributed by atoms with E-state index >= 15 is 0 Å². The van der Waals surface area contributed by atoms with Crippen LogP contribution in [0.3, 0.4) is 0 Å². The molecule has 0 aliphatic heterocycles. The van der Waals surface area contributed by atoms with E-state index in [1.807, 2.05) is 26.0 Å². The highest BCUT2D eigenvalue weighted by atomic mass is 35.5. The highest BCUT2D eigenvalue weighted by molar-refractivity contribution is 5.87. The van der Waals surface area contributed by atoms with Crippen LogP contribution < -0.4 is 16.4 Å². The molecule has 0 aromatic carbocycles. The summed E-state index contributed by atoms with van der Waals surface area (Å²) in [6.45, 7) is 4.05. The standard InChI is InChI=1S/C13H20N4O2.2ClH/c1-9(2)12(14)13(19)17-8-11(18)16-7-10-3-5-15-6-4-10;;/h3-6,9,12H,7-8,14H2,1-2H3,(H,16,18)(H,17,19);2*1H/t12-;;/m0../s1. The van der Waals surface area contributed by atoms with Gasteiger partial charge in [0.05, 0.1) is 12.6 Å². The molecule has 0 saturated carbocycles. The molecule has 0 bridgehead atoms. The Bertz CT molecular complexity index is 429. The number of nitrogens with two attached hydrogens (primary N) is 1. The topological polar surface area (TPSA) is 97.1 Å². The van der Waals surface area contributed by atoms with E-state index in [0.29, 0.717) is 6.54 Å². The minimum absolute atomic E-state index is 0. The summed E-state index contributed by atoms with van der Waals surface area (Å²) in [5.41, 5.74) is 6.61. The SMILES string of the molecule is CC(C)[C@H](N)C(=O)NCC(=O)NCc1ccncc1.Cl.Cl. The second kappa shape index (κ2) is 11.3. The molecule has 0 unspecified atom stereocenters. The third-order valence-electron chi connectivity index (χ3n) is 2.68. The largest absolute Gasteiger partial charge is 0.350 e. The molecule has 0 aliphatic rings. The number of aromatic nitrogens is 1. The van der Waals surface area contributed by atoms with Crippen molar-refractivity contribution < 1.29 is 9.59 Å². The molecule has 8 heteroatoms. The van der Waals surface area contributed by atoms with E-state index in [1.165, 1.54) is 0 Å². The van der Waals surface area contributed by atoms with Gasteiger partial charge in [0.15, 0.2) is 0 Å². The zero-order chi connectivity index (χ0) is 14.3. The summed E-state index contributed by atoms with van der Waals surface area (Å²) in [5, 5.41) is 5.21. The number of rotatable bonds is 6. The summed E-state index contributed by atoms with van der Waals surface area (Å²) in [6, 6.07) is 3.04. The van der Waals surface area contributed by atoms with Gasteiger partial charge in [0.25, 0.3) is 0 Å². The minimum Gasteiger partial charge on any atom is -0.350 e. The van der Waals surface area contributed by atoms with Crippen LogP contribution in [-0.2, 0) is 16.1 Å². The Labute approximate surface area is 137 Å². The highest BCUT2D eigenvalue weighted by Crippen LogP contribution is 1.97. The molecule has 0 radical (unpaired) electrons. The van der Waals surface area contributed by atoms with Gasteiger partial charge in [0.2, 0.25) is 11.8 Å². The number of carbonyl (C=O) groups is 2. The molecule has 1 rings (SSSR count). The number of nitrogens with zero attached hydrogens (tertiary/aromatic N) is 1. The quantitative estimate of drug-likeness (QED) is 0.710. The number of nitrogens with one attached hydrogen (secondary N) is 2. The summed E-state index contributed by atoms with van der Waals surface area (Å²) in [5.74, 6) is -0.518. The van der Waals surface area contributed by atoms with Gasteiger partial charge in [-0.3, -0.25) is 14.6 Å². The van der Waals surface area contributed by atoms with Crippen LogP contribution in [-0.4, -0.2) is 29.4 Å². The molecule has 2 amide bonds. The maximum absolute atomic E-state index is 11.5. The van der Waals surface area contributed by atoms with Gasteiger partial charge < -0.3 is 16.4 Å². The molecular weight excluding hydrogens is 315 g/mol. The molecule has 120 valence electrons. The molecule has 1 aromatic heterocycles. The third-order valence-corrected chi connectivity index (χ3v) is 2.68. The van der Waals surface area contributed by atoms with Crippen molar-refractivity contribution in [3.05, 3.63) is 30.1 Å². The molecule has 4 N–H and O–H groups in total. The molecule has 0 saturated heterocycles. The molecule has 0 aliphatic carbocycles. The molecule has 21 heavy (non-hydrogen) atoms. The summed E-state index contributed by atoms with van der Waals surface area (Å²) in [4.78, 5) is 27.0. The first-order valence-corrected chi connectivity index (χ1v) is 6.19. The molecule has 6 nitrogen and oxygen atoms in total. The maximum Gasteiger partial charge on any atom is 0.239 e. The van der Waals surface area contributed by atoms with Crippen molar-refractivity contribution in [3.63, 3.8) is 0 Å². The van der Waals surface area contributed by atoms with Gasteiger partial charge in [-0.25, -0.2) is 0 Å². The Hall–Kier alpha value is -1.37. The van der Waals surface area contributed by atoms with Crippen LogP contribution in [0.5, 0.6) is 0 Å². The molecule has 1 aromatic rings. The average molecular weight is 337 g/mol. The van der Waals surface area contributed by atoms with Crippen molar-refractivity contribution in [3.8, 4) is 0 Å².